The number of carboxylic acid groups (broad SMARTS) is 1. The Morgan fingerprint density at radius 2 is 1.04 bits per heavy atom. The summed E-state index contributed by atoms with van der Waals surface area (Å²) in [6.45, 7) is 0.974. The second-order valence-electron chi connectivity index (χ2n) is 11.1. The maximum atomic E-state index is 12.8. The van der Waals surface area contributed by atoms with Crippen LogP contribution < -0.4 is 29.6 Å². The zero-order valence-electron chi connectivity index (χ0n) is 26.6. The van der Waals surface area contributed by atoms with Gasteiger partial charge in [0.05, 0.1) is 7.11 Å². The van der Waals surface area contributed by atoms with Crippen molar-refractivity contribution >= 4 is 23.8 Å². The Kier molecular flexibility index (Phi) is 13.9. The van der Waals surface area contributed by atoms with Gasteiger partial charge in [-0.2, -0.15) is 0 Å². The Bertz CT molecular complexity index is 1670. The zero-order valence-corrected chi connectivity index (χ0v) is 28.6. The van der Waals surface area contributed by atoms with Gasteiger partial charge in [0.25, 0.3) is 11.8 Å². The van der Waals surface area contributed by atoms with Gasteiger partial charge in [-0.25, -0.2) is 9.59 Å². The van der Waals surface area contributed by atoms with Crippen molar-refractivity contribution in [3.8, 4) is 0 Å². The van der Waals surface area contributed by atoms with Gasteiger partial charge in [-0.05, 0) is 47.2 Å². The summed E-state index contributed by atoms with van der Waals surface area (Å²) in [4.78, 5) is 52.5. The van der Waals surface area contributed by atoms with Crippen LogP contribution in [-0.4, -0.2) is 76.4 Å². The number of carboxylic acids is 1. The number of carbonyl (C=O) groups is 4. The largest absolute Gasteiger partial charge is 1.00 e. The van der Waals surface area contributed by atoms with E-state index in [0.29, 0.717) is 43.5 Å². The molecular weight excluding hydrogens is 607 g/mol. The molecule has 2 heterocycles. The molecule has 2 aliphatic heterocycles. The molecule has 0 radical (unpaired) electrons. The van der Waals surface area contributed by atoms with E-state index in [1.165, 1.54) is 12.0 Å². The number of nitrogens with zero attached hydrogens (tertiary/aromatic N) is 2. The second-order valence-corrected chi connectivity index (χ2v) is 11.1. The van der Waals surface area contributed by atoms with E-state index in [1.807, 2.05) is 103 Å². The molecule has 6 rings (SSSR count). The first-order valence-electron chi connectivity index (χ1n) is 15.0. The van der Waals surface area contributed by atoms with E-state index in [2.05, 4.69) is 0 Å². The van der Waals surface area contributed by atoms with Crippen LogP contribution in [0, 0.1) is 0 Å². The van der Waals surface area contributed by atoms with Crippen molar-refractivity contribution in [2.45, 2.75) is 37.8 Å². The number of aliphatic carboxylic acids is 1. The summed E-state index contributed by atoms with van der Waals surface area (Å²) in [7, 11) is 1.36. The molecule has 10 heteroatoms. The molecule has 0 spiro atoms. The van der Waals surface area contributed by atoms with E-state index in [0.717, 1.165) is 28.7 Å². The summed E-state index contributed by atoms with van der Waals surface area (Å²) in [6, 6.07) is 32.7. The fourth-order valence-corrected chi connectivity index (χ4v) is 5.95. The summed E-state index contributed by atoms with van der Waals surface area (Å²) in [5.41, 5.74) is 5.26. The number of hydrogen-bond acceptors (Lipinski definition) is 6. The van der Waals surface area contributed by atoms with Crippen molar-refractivity contribution in [2.24, 2.45) is 0 Å². The summed E-state index contributed by atoms with van der Waals surface area (Å²) >= 11 is 0. The summed E-state index contributed by atoms with van der Waals surface area (Å²) in [5.74, 6) is -1.62. The predicted molar refractivity (Wildman–Crippen MR) is 172 cm³/mol. The van der Waals surface area contributed by atoms with Crippen LogP contribution in [0.4, 0.5) is 0 Å². The molecule has 0 unspecified atom stereocenters. The number of benzene rings is 4. The Labute approximate surface area is 296 Å². The monoisotopic (exact) mass is 644 g/mol. The molecule has 0 saturated carbocycles. The number of amides is 2. The first kappa shape index (κ1) is 37.2. The minimum Gasteiger partial charge on any atom is -0.870 e. The molecule has 4 aromatic carbocycles. The molecule has 2 aliphatic rings. The smallest absolute Gasteiger partial charge is 0.870 e. The molecule has 0 aromatic heterocycles. The van der Waals surface area contributed by atoms with E-state index in [9.17, 15) is 24.3 Å². The third-order valence-corrected chi connectivity index (χ3v) is 8.32. The Morgan fingerprint density at radius 1 is 0.660 bits per heavy atom. The van der Waals surface area contributed by atoms with Crippen LogP contribution in [0.15, 0.2) is 109 Å². The van der Waals surface area contributed by atoms with Crippen molar-refractivity contribution in [1.29, 1.82) is 0 Å². The minimum atomic E-state index is -0.961. The van der Waals surface area contributed by atoms with E-state index in [-0.39, 0.29) is 52.8 Å². The molecule has 47 heavy (non-hydrogen) atoms. The molecule has 9 nitrogen and oxygen atoms in total. The second kappa shape index (κ2) is 17.6. The van der Waals surface area contributed by atoms with Gasteiger partial charge < -0.3 is 25.1 Å². The fraction of sp³-hybridized carbons (Fsp3) is 0.243. The van der Waals surface area contributed by atoms with Gasteiger partial charge in [-0.15, -0.1) is 0 Å². The van der Waals surface area contributed by atoms with E-state index in [4.69, 9.17) is 4.74 Å². The third kappa shape index (κ3) is 8.96. The minimum absolute atomic E-state index is 0. The Morgan fingerprint density at radius 3 is 1.47 bits per heavy atom. The van der Waals surface area contributed by atoms with Crippen molar-refractivity contribution < 1.29 is 64.1 Å². The van der Waals surface area contributed by atoms with Gasteiger partial charge in [-0.1, -0.05) is 97.1 Å². The topological polar surface area (TPSA) is 134 Å². The van der Waals surface area contributed by atoms with E-state index >= 15 is 0 Å². The number of carbonyl (C=O) groups excluding carboxylic acids is 3. The van der Waals surface area contributed by atoms with Crippen LogP contribution >= 0.6 is 0 Å². The molecule has 4 aromatic rings. The number of methoxy groups -OCH3 is 1. The first-order chi connectivity index (χ1) is 21.9. The molecule has 238 valence electrons. The van der Waals surface area contributed by atoms with Gasteiger partial charge in [0, 0.05) is 37.1 Å². The molecule has 2 N–H and O–H groups in total. The maximum Gasteiger partial charge on any atom is 1.00 e. The molecule has 2 atom stereocenters. The maximum absolute atomic E-state index is 12.8. The molecule has 0 fully saturated rings. The first-order valence-corrected chi connectivity index (χ1v) is 15.0. The van der Waals surface area contributed by atoms with Crippen LogP contribution in [0.2, 0.25) is 0 Å². The van der Waals surface area contributed by atoms with Crippen LogP contribution in [0.25, 0.3) is 0 Å². The zero-order chi connectivity index (χ0) is 31.8. The van der Waals surface area contributed by atoms with Gasteiger partial charge in [-0.3, -0.25) is 9.59 Å². The summed E-state index contributed by atoms with van der Waals surface area (Å²) in [6.07, 6.45) is 2.23. The van der Waals surface area contributed by atoms with Crippen molar-refractivity contribution in [3.05, 3.63) is 143 Å². The van der Waals surface area contributed by atoms with Crippen LogP contribution in [0.1, 0.15) is 43.0 Å². The average Bonchev–Trinajstić information content (AvgIpc) is 3.08. The average molecular weight is 645 g/mol. The van der Waals surface area contributed by atoms with Gasteiger partial charge in [0.15, 0.2) is 0 Å². The van der Waals surface area contributed by atoms with Crippen LogP contribution in [-0.2, 0) is 40.0 Å². The van der Waals surface area contributed by atoms with E-state index < -0.39 is 18.1 Å². The number of fused-ring (bicyclic) bond motifs is 2. The Hall–Kier alpha value is -4.28. The summed E-state index contributed by atoms with van der Waals surface area (Å²) in [5, 5.41) is 9.56. The van der Waals surface area contributed by atoms with Crippen LogP contribution in [0.3, 0.4) is 0 Å². The number of rotatable bonds is 8. The van der Waals surface area contributed by atoms with Gasteiger partial charge in [0.1, 0.15) is 12.1 Å². The van der Waals surface area contributed by atoms with Crippen molar-refractivity contribution in [2.75, 3.05) is 20.2 Å². The van der Waals surface area contributed by atoms with E-state index in [1.54, 1.807) is 11.0 Å². The molecule has 2 amide bonds. The predicted octanol–water partition coefficient (Wildman–Crippen LogP) is 1.68. The van der Waals surface area contributed by atoms with Gasteiger partial charge in [0.2, 0.25) is 0 Å². The molecular formula is C37H37N2NaO7. The third-order valence-electron chi connectivity index (χ3n) is 8.32. The molecule has 0 bridgehead atoms. The quantitative estimate of drug-likeness (QED) is 0.228. The fourth-order valence-electron chi connectivity index (χ4n) is 5.95. The number of esters is 1. The summed E-state index contributed by atoms with van der Waals surface area (Å²) < 4.78 is 4.94. The standard InChI is InChI=1S/C19H19NO3.C18H17NO3.Na.H2O/c1-23-19(22)17(13-14-7-3-2-4-8-14)20-12-11-15-9-5-6-10-16(15)18(20)21;20-17-15-9-5-4-8-14(15)10-11-19(17)16(18(21)22)12-13-6-2-1-3-7-13;;/h2-10,17H,11-13H2,1H3;1-9,16H,10-12H2,(H,21,22);;1H2/q;;+1;/p-1/t17-;16-;;/m00../s1. The Balaban J connectivity index is 0.000000245. The number of hydrogen-bond donors (Lipinski definition) is 1. The molecule has 0 saturated heterocycles. The SMILES string of the molecule is COC(=O)[C@H](Cc1ccccc1)N1CCc2ccccc2C1=O.O=C(O)[C@H](Cc1ccccc1)N1CCc2ccccc2C1=O.[Na+].[OH-]. The number of ether oxygens (including phenoxy) is 1. The van der Waals surface area contributed by atoms with Gasteiger partial charge >= 0.3 is 41.5 Å². The molecule has 0 aliphatic carbocycles. The van der Waals surface area contributed by atoms with Crippen molar-refractivity contribution in [1.82, 2.24) is 9.80 Å². The van der Waals surface area contributed by atoms with Crippen molar-refractivity contribution in [3.63, 3.8) is 0 Å². The van der Waals surface area contributed by atoms with Crippen LogP contribution in [0.5, 0.6) is 0 Å². The normalized spacial score (nSPS) is 14.5.